The van der Waals surface area contributed by atoms with Crippen molar-refractivity contribution in [2.24, 2.45) is 7.05 Å². The summed E-state index contributed by atoms with van der Waals surface area (Å²) >= 11 is 5.71. The second kappa shape index (κ2) is 4.96. The van der Waals surface area contributed by atoms with E-state index in [9.17, 15) is 8.42 Å². The van der Waals surface area contributed by atoms with E-state index in [1.807, 2.05) is 6.92 Å². The molecule has 1 rings (SSSR count). The van der Waals surface area contributed by atoms with Crippen LogP contribution in [0.5, 0.6) is 0 Å². The number of rotatable bonds is 5. The first-order valence-corrected chi connectivity index (χ1v) is 6.46. The largest absolute Gasteiger partial charge is 0.274 e. The molecule has 5 nitrogen and oxygen atoms in total. The van der Waals surface area contributed by atoms with Crippen LogP contribution in [-0.4, -0.2) is 30.1 Å². The van der Waals surface area contributed by atoms with Crippen molar-refractivity contribution in [3.05, 3.63) is 12.4 Å². The molecule has 0 aliphatic rings. The molecule has 1 atom stereocenters. The van der Waals surface area contributed by atoms with E-state index >= 15 is 0 Å². The van der Waals surface area contributed by atoms with Crippen LogP contribution in [0.3, 0.4) is 0 Å². The molecule has 1 heterocycles. The Morgan fingerprint density at radius 1 is 1.67 bits per heavy atom. The topological polar surface area (TPSA) is 64.0 Å². The van der Waals surface area contributed by atoms with Crippen molar-refractivity contribution in [3.63, 3.8) is 0 Å². The quantitative estimate of drug-likeness (QED) is 0.785. The van der Waals surface area contributed by atoms with E-state index in [2.05, 4.69) is 9.82 Å². The van der Waals surface area contributed by atoms with Crippen LogP contribution in [0.2, 0.25) is 0 Å². The number of aromatic nitrogens is 2. The predicted molar refractivity (Wildman–Crippen MR) is 58.3 cm³/mol. The summed E-state index contributed by atoms with van der Waals surface area (Å²) in [6, 6.07) is 0. The van der Waals surface area contributed by atoms with Gasteiger partial charge in [-0.3, -0.25) is 4.68 Å². The van der Waals surface area contributed by atoms with Crippen LogP contribution in [0.4, 0.5) is 0 Å². The Hall–Kier alpha value is -0.590. The van der Waals surface area contributed by atoms with E-state index in [4.69, 9.17) is 11.6 Å². The van der Waals surface area contributed by atoms with Gasteiger partial charge in [0.1, 0.15) is 4.90 Å². The Balaban J connectivity index is 2.60. The highest BCUT2D eigenvalue weighted by Gasteiger charge is 2.15. The lowest BCUT2D eigenvalue weighted by molar-refractivity contribution is 0.578. The molecule has 0 aromatic carbocycles. The number of hydrogen-bond acceptors (Lipinski definition) is 3. The lowest BCUT2D eigenvalue weighted by Crippen LogP contribution is -2.25. The Labute approximate surface area is 94.5 Å². The van der Waals surface area contributed by atoms with E-state index in [1.165, 1.54) is 17.1 Å². The van der Waals surface area contributed by atoms with Crippen molar-refractivity contribution in [2.45, 2.75) is 23.6 Å². The maximum absolute atomic E-state index is 11.6. The molecule has 15 heavy (non-hydrogen) atoms. The molecule has 1 N–H and O–H groups in total. The van der Waals surface area contributed by atoms with Crippen molar-refractivity contribution >= 4 is 21.6 Å². The van der Waals surface area contributed by atoms with Crippen molar-refractivity contribution in [3.8, 4) is 0 Å². The first-order chi connectivity index (χ1) is 6.92. The Morgan fingerprint density at radius 2 is 2.33 bits per heavy atom. The van der Waals surface area contributed by atoms with E-state index in [1.54, 1.807) is 7.05 Å². The maximum atomic E-state index is 11.6. The summed E-state index contributed by atoms with van der Waals surface area (Å²) in [5.41, 5.74) is 0. The fourth-order valence-corrected chi connectivity index (χ4v) is 2.15. The number of halogens is 1. The third-order valence-electron chi connectivity index (χ3n) is 1.83. The Bertz CT molecular complexity index is 413. The average Bonchev–Trinajstić information content (AvgIpc) is 2.51. The molecular weight excluding hydrogens is 238 g/mol. The van der Waals surface area contributed by atoms with Gasteiger partial charge in [0.25, 0.3) is 0 Å². The van der Waals surface area contributed by atoms with Crippen molar-refractivity contribution in [2.75, 3.05) is 6.54 Å². The molecule has 0 spiro atoms. The van der Waals surface area contributed by atoms with Gasteiger partial charge >= 0.3 is 0 Å². The van der Waals surface area contributed by atoms with Gasteiger partial charge in [-0.05, 0) is 13.3 Å². The first kappa shape index (κ1) is 12.5. The smallest absolute Gasteiger partial charge is 0.243 e. The Morgan fingerprint density at radius 3 is 2.80 bits per heavy atom. The fraction of sp³-hybridized carbons (Fsp3) is 0.625. The van der Waals surface area contributed by atoms with Gasteiger partial charge in [-0.1, -0.05) is 0 Å². The van der Waals surface area contributed by atoms with Crippen molar-refractivity contribution in [1.82, 2.24) is 14.5 Å². The zero-order chi connectivity index (χ0) is 11.5. The summed E-state index contributed by atoms with van der Waals surface area (Å²) in [5.74, 6) is 0. The second-order valence-corrected chi connectivity index (χ2v) is 5.83. The fourth-order valence-electron chi connectivity index (χ4n) is 1.01. The number of nitrogens with one attached hydrogen (secondary N) is 1. The SMILES string of the molecule is CC(Cl)CCNS(=O)(=O)c1cnn(C)c1. The Kier molecular flexibility index (Phi) is 4.12. The van der Waals surface area contributed by atoms with Gasteiger partial charge in [0.15, 0.2) is 0 Å². The first-order valence-electron chi connectivity index (χ1n) is 4.54. The third kappa shape index (κ3) is 3.81. The van der Waals surface area contributed by atoms with Gasteiger partial charge in [0.05, 0.1) is 6.20 Å². The molecule has 0 radical (unpaired) electrons. The highest BCUT2D eigenvalue weighted by molar-refractivity contribution is 7.89. The van der Waals surface area contributed by atoms with Gasteiger partial charge < -0.3 is 0 Å². The highest BCUT2D eigenvalue weighted by atomic mass is 35.5. The molecule has 7 heteroatoms. The van der Waals surface area contributed by atoms with Crippen LogP contribution in [-0.2, 0) is 17.1 Å². The average molecular weight is 252 g/mol. The zero-order valence-electron chi connectivity index (χ0n) is 8.64. The number of alkyl halides is 1. The zero-order valence-corrected chi connectivity index (χ0v) is 10.2. The van der Waals surface area contributed by atoms with Crippen LogP contribution in [0, 0.1) is 0 Å². The lowest BCUT2D eigenvalue weighted by atomic mass is 10.3. The summed E-state index contributed by atoms with van der Waals surface area (Å²) in [4.78, 5) is 0.173. The van der Waals surface area contributed by atoms with E-state index in [0.29, 0.717) is 13.0 Å². The van der Waals surface area contributed by atoms with Gasteiger partial charge in [0, 0.05) is 25.2 Å². The van der Waals surface area contributed by atoms with Crippen LogP contribution in [0.15, 0.2) is 17.3 Å². The molecule has 86 valence electrons. The number of aryl methyl sites for hydroxylation is 1. The number of sulfonamides is 1. The minimum absolute atomic E-state index is 0.0402. The van der Waals surface area contributed by atoms with E-state index in [-0.39, 0.29) is 10.3 Å². The minimum Gasteiger partial charge on any atom is -0.274 e. The number of hydrogen-bond donors (Lipinski definition) is 1. The van der Waals surface area contributed by atoms with Gasteiger partial charge in [-0.2, -0.15) is 5.10 Å². The normalized spacial score (nSPS) is 14.1. The monoisotopic (exact) mass is 251 g/mol. The second-order valence-electron chi connectivity index (χ2n) is 3.32. The van der Waals surface area contributed by atoms with Gasteiger partial charge in [-0.15, -0.1) is 11.6 Å². The maximum Gasteiger partial charge on any atom is 0.243 e. The molecule has 0 aliphatic carbocycles. The molecule has 0 saturated heterocycles. The molecule has 1 aromatic heterocycles. The molecule has 1 aromatic rings. The molecule has 0 bridgehead atoms. The third-order valence-corrected chi connectivity index (χ3v) is 3.46. The number of nitrogens with zero attached hydrogens (tertiary/aromatic N) is 2. The molecule has 0 aliphatic heterocycles. The summed E-state index contributed by atoms with van der Waals surface area (Å²) in [6.45, 7) is 2.15. The summed E-state index contributed by atoms with van der Waals surface area (Å²) < 4.78 is 27.1. The molecule has 0 fully saturated rings. The van der Waals surface area contributed by atoms with Crippen LogP contribution < -0.4 is 4.72 Å². The molecule has 1 unspecified atom stereocenters. The summed E-state index contributed by atoms with van der Waals surface area (Å²) in [5, 5.41) is 3.76. The minimum atomic E-state index is -3.43. The predicted octanol–water partition coefficient (Wildman–Crippen LogP) is 0.716. The van der Waals surface area contributed by atoms with E-state index in [0.717, 1.165) is 0 Å². The summed E-state index contributed by atoms with van der Waals surface area (Å²) in [7, 11) is -1.76. The molecule has 0 amide bonds. The van der Waals surface area contributed by atoms with Crippen molar-refractivity contribution in [1.29, 1.82) is 0 Å². The molecular formula is C8H14ClN3O2S. The van der Waals surface area contributed by atoms with E-state index < -0.39 is 10.0 Å². The highest BCUT2D eigenvalue weighted by Crippen LogP contribution is 2.06. The standard InChI is InChI=1S/C8H14ClN3O2S/c1-7(9)3-4-11-15(13,14)8-5-10-12(2)6-8/h5-7,11H,3-4H2,1-2H3. The van der Waals surface area contributed by atoms with Crippen LogP contribution >= 0.6 is 11.6 Å². The molecule has 0 saturated carbocycles. The summed E-state index contributed by atoms with van der Waals surface area (Å²) in [6.07, 6.45) is 3.36. The lowest BCUT2D eigenvalue weighted by Gasteiger charge is -2.05. The van der Waals surface area contributed by atoms with Crippen molar-refractivity contribution < 1.29 is 8.42 Å². The van der Waals surface area contributed by atoms with Gasteiger partial charge in [0.2, 0.25) is 10.0 Å². The van der Waals surface area contributed by atoms with Crippen LogP contribution in [0.1, 0.15) is 13.3 Å². The van der Waals surface area contributed by atoms with Crippen LogP contribution in [0.25, 0.3) is 0 Å². The van der Waals surface area contributed by atoms with Gasteiger partial charge in [-0.25, -0.2) is 13.1 Å².